The Kier molecular flexibility index (Phi) is 3.36. The van der Waals surface area contributed by atoms with Crippen molar-refractivity contribution in [3.63, 3.8) is 0 Å². The molecule has 0 amide bonds. The normalized spacial score (nSPS) is 15.7. The van der Waals surface area contributed by atoms with Crippen LogP contribution < -0.4 is 15.3 Å². The number of ether oxygens (including phenoxy) is 1. The first kappa shape index (κ1) is 15.5. The van der Waals surface area contributed by atoms with Crippen molar-refractivity contribution in [2.45, 2.75) is 39.7 Å². The van der Waals surface area contributed by atoms with Gasteiger partial charge in [0.1, 0.15) is 11.3 Å². The molecule has 0 unspecified atom stereocenters. The molecule has 2 aliphatic rings. The average molecular weight is 347 g/mol. The molecule has 0 atom stereocenters. The molecule has 0 fully saturated rings. The van der Waals surface area contributed by atoms with Crippen LogP contribution in [0.1, 0.15) is 34.2 Å². The van der Waals surface area contributed by atoms with Gasteiger partial charge in [-0.05, 0) is 74.1 Å². The summed E-state index contributed by atoms with van der Waals surface area (Å²) in [4.78, 5) is 14.6. The predicted molar refractivity (Wildman–Crippen MR) is 102 cm³/mol. The summed E-state index contributed by atoms with van der Waals surface area (Å²) in [7, 11) is 0. The van der Waals surface area contributed by atoms with Crippen molar-refractivity contribution in [2.75, 3.05) is 11.6 Å². The maximum absolute atomic E-state index is 12.4. The lowest BCUT2D eigenvalue weighted by atomic mass is 10.0. The van der Waals surface area contributed by atoms with Crippen LogP contribution in [0.3, 0.4) is 0 Å². The van der Waals surface area contributed by atoms with Gasteiger partial charge in [-0.15, -0.1) is 0 Å². The second-order valence-corrected chi connectivity index (χ2v) is 7.44. The summed E-state index contributed by atoms with van der Waals surface area (Å²) in [6.45, 7) is 5.38. The number of hydrogen-bond acceptors (Lipinski definition) is 4. The molecule has 4 heteroatoms. The Bertz CT molecular complexity index is 1080. The van der Waals surface area contributed by atoms with E-state index in [2.05, 4.69) is 36.9 Å². The van der Waals surface area contributed by atoms with Crippen LogP contribution in [0.4, 0.5) is 5.69 Å². The zero-order chi connectivity index (χ0) is 17.8. The van der Waals surface area contributed by atoms with Gasteiger partial charge in [-0.1, -0.05) is 6.07 Å². The van der Waals surface area contributed by atoms with Crippen LogP contribution in [0.5, 0.6) is 5.75 Å². The van der Waals surface area contributed by atoms with E-state index < -0.39 is 0 Å². The largest absolute Gasteiger partial charge is 0.473 e. The van der Waals surface area contributed by atoms with Crippen molar-refractivity contribution in [2.24, 2.45) is 0 Å². The quantitative estimate of drug-likeness (QED) is 0.617. The molecule has 26 heavy (non-hydrogen) atoms. The first-order chi connectivity index (χ1) is 12.6. The summed E-state index contributed by atoms with van der Waals surface area (Å²) in [6, 6.07) is 10.6. The van der Waals surface area contributed by atoms with Crippen LogP contribution in [0, 0.1) is 13.8 Å². The van der Waals surface area contributed by atoms with Crippen LogP contribution in [0.2, 0.25) is 0 Å². The van der Waals surface area contributed by atoms with E-state index in [0.29, 0.717) is 18.9 Å². The van der Waals surface area contributed by atoms with Gasteiger partial charge in [0, 0.05) is 16.6 Å². The summed E-state index contributed by atoms with van der Waals surface area (Å²) in [6.07, 6.45) is 2.81. The number of aryl methyl sites for hydroxylation is 3. The topological polar surface area (TPSA) is 42.7 Å². The molecule has 0 saturated carbocycles. The lowest BCUT2D eigenvalue weighted by Gasteiger charge is -2.31. The third-order valence-electron chi connectivity index (χ3n) is 5.50. The second kappa shape index (κ2) is 5.63. The number of anilines is 1. The molecular weight excluding hydrogens is 326 g/mol. The van der Waals surface area contributed by atoms with Gasteiger partial charge < -0.3 is 14.1 Å². The van der Waals surface area contributed by atoms with Crippen molar-refractivity contribution in [1.29, 1.82) is 0 Å². The molecule has 1 aromatic heterocycles. The third-order valence-corrected chi connectivity index (χ3v) is 5.50. The molecule has 2 aromatic carbocycles. The summed E-state index contributed by atoms with van der Waals surface area (Å²) < 4.78 is 11.8. The Hall–Kier alpha value is -2.75. The van der Waals surface area contributed by atoms with E-state index in [1.54, 1.807) is 0 Å². The fourth-order valence-corrected chi connectivity index (χ4v) is 4.35. The number of benzene rings is 2. The van der Waals surface area contributed by atoms with Crippen LogP contribution in [-0.4, -0.2) is 6.73 Å². The second-order valence-electron chi connectivity index (χ2n) is 7.44. The maximum atomic E-state index is 12.4. The minimum Gasteiger partial charge on any atom is -0.473 e. The lowest BCUT2D eigenvalue weighted by molar-refractivity contribution is 0.289. The third kappa shape index (κ3) is 2.32. The number of hydrogen-bond donors (Lipinski definition) is 0. The van der Waals surface area contributed by atoms with Gasteiger partial charge in [-0.2, -0.15) is 0 Å². The number of rotatable bonds is 1. The molecule has 4 nitrogen and oxygen atoms in total. The van der Waals surface area contributed by atoms with Gasteiger partial charge in [0.2, 0.25) is 0 Å². The Morgan fingerprint density at radius 1 is 0.962 bits per heavy atom. The number of fused-ring (bicyclic) bond motifs is 5. The minimum absolute atomic E-state index is 0.179. The Labute approximate surface area is 152 Å². The molecule has 5 rings (SSSR count). The van der Waals surface area contributed by atoms with E-state index in [1.165, 1.54) is 16.7 Å². The highest BCUT2D eigenvalue weighted by Crippen LogP contribution is 2.37. The van der Waals surface area contributed by atoms with Crippen LogP contribution in [-0.2, 0) is 19.4 Å². The summed E-state index contributed by atoms with van der Waals surface area (Å²) in [5.41, 5.74) is 7.11. The lowest BCUT2D eigenvalue weighted by Crippen LogP contribution is -2.32. The molecular formula is C22H21NO3. The van der Waals surface area contributed by atoms with Crippen LogP contribution in [0.15, 0.2) is 39.5 Å². The van der Waals surface area contributed by atoms with E-state index in [4.69, 9.17) is 9.15 Å². The minimum atomic E-state index is -0.179. The van der Waals surface area contributed by atoms with Crippen LogP contribution in [0.25, 0.3) is 11.0 Å². The van der Waals surface area contributed by atoms with E-state index >= 15 is 0 Å². The summed E-state index contributed by atoms with van der Waals surface area (Å²) >= 11 is 0. The van der Waals surface area contributed by atoms with E-state index in [9.17, 15) is 4.79 Å². The van der Waals surface area contributed by atoms with Gasteiger partial charge in [0.05, 0.1) is 12.1 Å². The van der Waals surface area contributed by atoms with Gasteiger partial charge in [-0.3, -0.25) is 0 Å². The average Bonchev–Trinajstić information content (AvgIpc) is 3.11. The van der Waals surface area contributed by atoms with Crippen molar-refractivity contribution < 1.29 is 9.15 Å². The molecule has 132 valence electrons. The first-order valence-corrected chi connectivity index (χ1v) is 9.16. The van der Waals surface area contributed by atoms with Crippen molar-refractivity contribution in [1.82, 2.24) is 0 Å². The zero-order valence-electron chi connectivity index (χ0n) is 15.1. The van der Waals surface area contributed by atoms with Gasteiger partial charge in [-0.25, -0.2) is 4.79 Å². The molecule has 3 aromatic rings. The monoisotopic (exact) mass is 347 g/mol. The molecule has 0 saturated heterocycles. The van der Waals surface area contributed by atoms with Gasteiger partial charge in [0.25, 0.3) is 0 Å². The van der Waals surface area contributed by atoms with Gasteiger partial charge in [0.15, 0.2) is 6.73 Å². The van der Waals surface area contributed by atoms with Crippen molar-refractivity contribution >= 4 is 16.7 Å². The molecule has 0 spiro atoms. The first-order valence-electron chi connectivity index (χ1n) is 9.16. The predicted octanol–water partition coefficient (Wildman–Crippen LogP) is 4.26. The Morgan fingerprint density at radius 2 is 1.73 bits per heavy atom. The highest BCUT2D eigenvalue weighted by molar-refractivity contribution is 5.87. The molecule has 2 heterocycles. The van der Waals surface area contributed by atoms with Crippen LogP contribution >= 0.6 is 0 Å². The fraction of sp³-hybridized carbons (Fsp3) is 0.318. The molecule has 0 bridgehead atoms. The van der Waals surface area contributed by atoms with E-state index in [0.717, 1.165) is 47.2 Å². The number of nitrogens with zero attached hydrogens (tertiary/aromatic N) is 1. The molecule has 1 aliphatic carbocycles. The SMILES string of the molecule is Cc1cc(C)cc(N2COc3ccc4c5c(c(=O)oc4c3C2)CCC5)c1. The smallest absolute Gasteiger partial charge is 0.339 e. The van der Waals surface area contributed by atoms with E-state index in [1.807, 2.05) is 12.1 Å². The molecule has 0 N–H and O–H groups in total. The standard InChI is InChI=1S/C22H21NO3/c1-13-8-14(2)10-15(9-13)23-11-19-20(25-12-23)7-6-17-16-4-3-5-18(16)22(24)26-21(17)19/h6-10H,3-5,11-12H2,1-2H3. The van der Waals surface area contributed by atoms with E-state index in [-0.39, 0.29) is 5.63 Å². The fourth-order valence-electron chi connectivity index (χ4n) is 4.35. The van der Waals surface area contributed by atoms with Crippen molar-refractivity contribution in [3.05, 3.63) is 68.6 Å². The summed E-state index contributed by atoms with van der Waals surface area (Å²) in [5.74, 6) is 0.819. The van der Waals surface area contributed by atoms with Gasteiger partial charge >= 0.3 is 5.63 Å². The van der Waals surface area contributed by atoms with Crippen molar-refractivity contribution in [3.8, 4) is 5.75 Å². The zero-order valence-corrected chi connectivity index (χ0v) is 15.1. The maximum Gasteiger partial charge on any atom is 0.339 e. The molecule has 1 aliphatic heterocycles. The molecule has 0 radical (unpaired) electrons. The Morgan fingerprint density at radius 3 is 2.54 bits per heavy atom. The highest BCUT2D eigenvalue weighted by atomic mass is 16.5. The summed E-state index contributed by atoms with van der Waals surface area (Å²) in [5, 5.41) is 1.07. The highest BCUT2D eigenvalue weighted by Gasteiger charge is 2.26. The Balaban J connectivity index is 1.65.